The SMILES string of the molecule is CCCNC(CN1CCC(c2ccccc2)C1)C(=O)OC. The molecule has 2 atom stereocenters. The Morgan fingerprint density at radius 3 is 2.86 bits per heavy atom. The molecule has 1 aliphatic heterocycles. The maximum absolute atomic E-state index is 11.8. The van der Waals surface area contributed by atoms with E-state index in [2.05, 4.69) is 47.5 Å². The third kappa shape index (κ3) is 4.55. The summed E-state index contributed by atoms with van der Waals surface area (Å²) in [5, 5.41) is 3.29. The van der Waals surface area contributed by atoms with Crippen LogP contribution in [0.1, 0.15) is 31.2 Å². The van der Waals surface area contributed by atoms with E-state index in [4.69, 9.17) is 4.74 Å². The van der Waals surface area contributed by atoms with Gasteiger partial charge in [0.1, 0.15) is 6.04 Å². The number of hydrogen-bond donors (Lipinski definition) is 1. The van der Waals surface area contributed by atoms with Gasteiger partial charge >= 0.3 is 5.97 Å². The summed E-state index contributed by atoms with van der Waals surface area (Å²) in [5.41, 5.74) is 1.40. The minimum Gasteiger partial charge on any atom is -0.468 e. The Bertz CT molecular complexity index is 436. The molecule has 1 aliphatic rings. The molecule has 1 aromatic rings. The molecule has 0 aromatic heterocycles. The van der Waals surface area contributed by atoms with Crippen molar-refractivity contribution in [1.82, 2.24) is 10.2 Å². The predicted octanol–water partition coefficient (Wildman–Crippen LogP) is 2.02. The summed E-state index contributed by atoms with van der Waals surface area (Å²) >= 11 is 0. The van der Waals surface area contributed by atoms with Crippen molar-refractivity contribution in [1.29, 1.82) is 0 Å². The average molecular weight is 290 g/mol. The van der Waals surface area contributed by atoms with Gasteiger partial charge in [0.15, 0.2) is 0 Å². The van der Waals surface area contributed by atoms with Crippen molar-refractivity contribution in [3.8, 4) is 0 Å². The van der Waals surface area contributed by atoms with Crippen LogP contribution in [0.5, 0.6) is 0 Å². The molecule has 0 spiro atoms. The molecule has 1 fully saturated rings. The van der Waals surface area contributed by atoms with Crippen LogP contribution in [0.25, 0.3) is 0 Å². The van der Waals surface area contributed by atoms with Gasteiger partial charge in [0.2, 0.25) is 0 Å². The van der Waals surface area contributed by atoms with Crippen LogP contribution in [0.4, 0.5) is 0 Å². The Kier molecular flexibility index (Phi) is 6.21. The third-order valence-electron chi connectivity index (χ3n) is 4.11. The topological polar surface area (TPSA) is 41.6 Å². The molecule has 0 radical (unpaired) electrons. The van der Waals surface area contributed by atoms with Crippen LogP contribution in [-0.4, -0.2) is 50.2 Å². The van der Waals surface area contributed by atoms with Crippen LogP contribution in [0.2, 0.25) is 0 Å². The van der Waals surface area contributed by atoms with E-state index in [0.717, 1.165) is 39.0 Å². The van der Waals surface area contributed by atoms with Crippen molar-refractivity contribution in [2.24, 2.45) is 0 Å². The van der Waals surface area contributed by atoms with E-state index in [9.17, 15) is 4.79 Å². The van der Waals surface area contributed by atoms with Crippen molar-refractivity contribution in [3.63, 3.8) is 0 Å². The summed E-state index contributed by atoms with van der Waals surface area (Å²) in [5.74, 6) is 0.419. The second kappa shape index (κ2) is 8.15. The van der Waals surface area contributed by atoms with E-state index in [1.807, 2.05) is 0 Å². The first-order valence-electron chi connectivity index (χ1n) is 7.83. The predicted molar refractivity (Wildman–Crippen MR) is 84.3 cm³/mol. The lowest BCUT2D eigenvalue weighted by Crippen LogP contribution is -2.46. The number of carbonyl (C=O) groups is 1. The van der Waals surface area contributed by atoms with Gasteiger partial charge in [-0.1, -0.05) is 37.3 Å². The van der Waals surface area contributed by atoms with Crippen molar-refractivity contribution < 1.29 is 9.53 Å². The number of carbonyl (C=O) groups excluding carboxylic acids is 1. The third-order valence-corrected chi connectivity index (χ3v) is 4.11. The highest BCUT2D eigenvalue weighted by Gasteiger charge is 2.28. The number of ether oxygens (including phenoxy) is 1. The Hall–Kier alpha value is -1.39. The zero-order chi connectivity index (χ0) is 15.1. The monoisotopic (exact) mass is 290 g/mol. The minimum absolute atomic E-state index is 0.161. The van der Waals surface area contributed by atoms with Crippen molar-refractivity contribution in [2.75, 3.05) is 33.3 Å². The van der Waals surface area contributed by atoms with Crippen LogP contribution >= 0.6 is 0 Å². The quantitative estimate of drug-likeness (QED) is 0.780. The van der Waals surface area contributed by atoms with Crippen LogP contribution in [0, 0.1) is 0 Å². The number of esters is 1. The second-order valence-electron chi connectivity index (χ2n) is 5.69. The first-order valence-corrected chi connectivity index (χ1v) is 7.83. The first-order chi connectivity index (χ1) is 10.2. The summed E-state index contributed by atoms with van der Waals surface area (Å²) in [6.07, 6.45) is 2.17. The van der Waals surface area contributed by atoms with Gasteiger partial charge in [0.25, 0.3) is 0 Å². The molecule has 21 heavy (non-hydrogen) atoms. The summed E-state index contributed by atoms with van der Waals surface area (Å²) in [6, 6.07) is 10.4. The summed E-state index contributed by atoms with van der Waals surface area (Å²) in [7, 11) is 1.46. The molecule has 4 heteroatoms. The summed E-state index contributed by atoms with van der Waals surface area (Å²) < 4.78 is 4.90. The maximum Gasteiger partial charge on any atom is 0.324 e. The normalized spacial score (nSPS) is 20.4. The zero-order valence-electron chi connectivity index (χ0n) is 13.0. The molecule has 0 bridgehead atoms. The van der Waals surface area contributed by atoms with Crippen LogP contribution in [0.15, 0.2) is 30.3 Å². The van der Waals surface area contributed by atoms with Crippen molar-refractivity contribution in [2.45, 2.75) is 31.7 Å². The Balaban J connectivity index is 1.89. The van der Waals surface area contributed by atoms with E-state index in [1.54, 1.807) is 0 Å². The molecular weight excluding hydrogens is 264 g/mol. The average Bonchev–Trinajstić information content (AvgIpc) is 3.00. The van der Waals surface area contributed by atoms with Gasteiger partial charge in [-0.3, -0.25) is 4.79 Å². The van der Waals surface area contributed by atoms with Crippen LogP contribution < -0.4 is 5.32 Å². The van der Waals surface area contributed by atoms with Crippen LogP contribution in [0.3, 0.4) is 0 Å². The largest absolute Gasteiger partial charge is 0.468 e. The molecule has 2 unspecified atom stereocenters. The Morgan fingerprint density at radius 1 is 1.43 bits per heavy atom. The molecule has 4 nitrogen and oxygen atoms in total. The van der Waals surface area contributed by atoms with Gasteiger partial charge in [-0.2, -0.15) is 0 Å². The lowest BCUT2D eigenvalue weighted by atomic mass is 9.99. The van der Waals surface area contributed by atoms with E-state index in [-0.39, 0.29) is 12.0 Å². The fraction of sp³-hybridized carbons (Fsp3) is 0.588. The second-order valence-corrected chi connectivity index (χ2v) is 5.69. The number of methoxy groups -OCH3 is 1. The number of rotatable bonds is 7. The highest BCUT2D eigenvalue weighted by atomic mass is 16.5. The van der Waals surface area contributed by atoms with Crippen molar-refractivity contribution in [3.05, 3.63) is 35.9 Å². The van der Waals surface area contributed by atoms with Crippen molar-refractivity contribution >= 4 is 5.97 Å². The lowest BCUT2D eigenvalue weighted by molar-refractivity contribution is -0.143. The van der Waals surface area contributed by atoms with Gasteiger partial charge in [0.05, 0.1) is 7.11 Å². The summed E-state index contributed by atoms with van der Waals surface area (Å²) in [4.78, 5) is 14.2. The molecule has 0 saturated carbocycles. The molecule has 2 rings (SSSR count). The number of benzene rings is 1. The highest BCUT2D eigenvalue weighted by Crippen LogP contribution is 2.26. The molecule has 1 N–H and O–H groups in total. The highest BCUT2D eigenvalue weighted by molar-refractivity contribution is 5.75. The van der Waals surface area contributed by atoms with Gasteiger partial charge in [-0.05, 0) is 37.4 Å². The first kappa shape index (κ1) is 16.0. The zero-order valence-corrected chi connectivity index (χ0v) is 13.0. The van der Waals surface area contributed by atoms with Gasteiger partial charge in [-0.15, -0.1) is 0 Å². The number of nitrogens with one attached hydrogen (secondary N) is 1. The maximum atomic E-state index is 11.8. The Morgan fingerprint density at radius 2 is 2.19 bits per heavy atom. The van der Waals surface area contributed by atoms with E-state index >= 15 is 0 Å². The molecular formula is C17H26N2O2. The Labute approximate surface area is 127 Å². The molecule has 1 heterocycles. The minimum atomic E-state index is -0.218. The van der Waals surface area contributed by atoms with Gasteiger partial charge in [0, 0.05) is 13.1 Å². The standard InChI is InChI=1S/C17H26N2O2/c1-3-10-18-16(17(20)21-2)13-19-11-9-15(12-19)14-7-5-4-6-8-14/h4-8,15-16,18H,3,9-13H2,1-2H3. The number of likely N-dealkylation sites (tertiary alicyclic amines) is 1. The van der Waals surface area contributed by atoms with Gasteiger partial charge in [-0.25, -0.2) is 0 Å². The number of hydrogen-bond acceptors (Lipinski definition) is 4. The molecule has 116 valence electrons. The van der Waals surface area contributed by atoms with Crippen LogP contribution in [-0.2, 0) is 9.53 Å². The molecule has 0 aliphatic carbocycles. The summed E-state index contributed by atoms with van der Waals surface area (Å²) in [6.45, 7) is 5.74. The fourth-order valence-electron chi connectivity index (χ4n) is 2.94. The smallest absolute Gasteiger partial charge is 0.324 e. The molecule has 0 amide bonds. The molecule has 1 aromatic carbocycles. The van der Waals surface area contributed by atoms with E-state index in [0.29, 0.717) is 5.92 Å². The van der Waals surface area contributed by atoms with E-state index < -0.39 is 0 Å². The lowest BCUT2D eigenvalue weighted by Gasteiger charge is -2.23. The number of nitrogens with zero attached hydrogens (tertiary/aromatic N) is 1. The molecule has 1 saturated heterocycles. The van der Waals surface area contributed by atoms with Gasteiger partial charge < -0.3 is 15.0 Å². The fourth-order valence-corrected chi connectivity index (χ4v) is 2.94. The van der Waals surface area contributed by atoms with E-state index in [1.165, 1.54) is 12.7 Å².